The Morgan fingerprint density at radius 2 is 2.04 bits per heavy atom. The summed E-state index contributed by atoms with van der Waals surface area (Å²) in [6.07, 6.45) is 6.08. The first-order chi connectivity index (χ1) is 11.8. The number of fused-ring (bicyclic) bond motifs is 1. The summed E-state index contributed by atoms with van der Waals surface area (Å²) < 4.78 is 0. The molecule has 2 N–H and O–H groups in total. The zero-order chi connectivity index (χ0) is 16.4. The van der Waals surface area contributed by atoms with Crippen LogP contribution < -0.4 is 10.2 Å². The lowest BCUT2D eigenvalue weighted by Crippen LogP contribution is -2.20. The number of para-hydroxylation sites is 1. The van der Waals surface area contributed by atoms with E-state index in [1.165, 1.54) is 19.2 Å². The molecule has 1 saturated heterocycles. The number of aromatic amines is 1. The van der Waals surface area contributed by atoms with Crippen molar-refractivity contribution in [2.45, 2.75) is 19.3 Å². The maximum atomic E-state index is 12.4. The molecule has 0 bridgehead atoms. The van der Waals surface area contributed by atoms with E-state index < -0.39 is 0 Å². The Bertz CT molecular complexity index is 866. The number of benzene rings is 1. The van der Waals surface area contributed by atoms with Crippen molar-refractivity contribution in [2.75, 3.05) is 23.3 Å². The molecule has 1 aliphatic rings. The van der Waals surface area contributed by atoms with Gasteiger partial charge >= 0.3 is 0 Å². The molecule has 122 valence electrons. The van der Waals surface area contributed by atoms with E-state index in [1.54, 1.807) is 0 Å². The van der Waals surface area contributed by atoms with Gasteiger partial charge in [0.1, 0.15) is 18.0 Å². The third-order valence-electron chi connectivity index (χ3n) is 4.38. The van der Waals surface area contributed by atoms with Crippen molar-refractivity contribution in [1.29, 1.82) is 0 Å². The van der Waals surface area contributed by atoms with E-state index in [0.717, 1.165) is 35.4 Å². The Labute approximate surface area is 139 Å². The van der Waals surface area contributed by atoms with E-state index in [1.807, 2.05) is 36.5 Å². The van der Waals surface area contributed by atoms with Gasteiger partial charge in [-0.15, -0.1) is 0 Å². The van der Waals surface area contributed by atoms with Gasteiger partial charge in [0.25, 0.3) is 0 Å². The van der Waals surface area contributed by atoms with Crippen molar-refractivity contribution < 1.29 is 4.79 Å². The van der Waals surface area contributed by atoms with Crippen molar-refractivity contribution in [3.63, 3.8) is 0 Å². The van der Waals surface area contributed by atoms with E-state index in [9.17, 15) is 4.79 Å². The van der Waals surface area contributed by atoms with Gasteiger partial charge in [0.05, 0.1) is 6.42 Å². The first-order valence-corrected chi connectivity index (χ1v) is 8.21. The van der Waals surface area contributed by atoms with Crippen LogP contribution in [0.5, 0.6) is 0 Å². The normalized spacial score (nSPS) is 14.2. The topological polar surface area (TPSA) is 73.9 Å². The van der Waals surface area contributed by atoms with Crippen molar-refractivity contribution in [3.05, 3.63) is 48.4 Å². The van der Waals surface area contributed by atoms with Crippen LogP contribution in [0.25, 0.3) is 10.9 Å². The van der Waals surface area contributed by atoms with Crippen molar-refractivity contribution in [3.8, 4) is 0 Å². The second-order valence-corrected chi connectivity index (χ2v) is 6.04. The number of amides is 1. The summed E-state index contributed by atoms with van der Waals surface area (Å²) in [5, 5.41) is 3.96. The van der Waals surface area contributed by atoms with Gasteiger partial charge in [-0.2, -0.15) is 0 Å². The zero-order valence-corrected chi connectivity index (χ0v) is 13.3. The van der Waals surface area contributed by atoms with Crippen LogP contribution in [0.2, 0.25) is 0 Å². The number of aromatic nitrogens is 3. The Morgan fingerprint density at radius 3 is 2.92 bits per heavy atom. The summed E-state index contributed by atoms with van der Waals surface area (Å²) in [4.78, 5) is 26.2. The quantitative estimate of drug-likeness (QED) is 0.775. The number of nitrogens with one attached hydrogen (secondary N) is 2. The predicted molar refractivity (Wildman–Crippen MR) is 94.1 cm³/mol. The Balaban J connectivity index is 1.47. The predicted octanol–water partition coefficient (Wildman–Crippen LogP) is 2.74. The van der Waals surface area contributed by atoms with Gasteiger partial charge in [-0.3, -0.25) is 4.79 Å². The molecule has 0 radical (unpaired) electrons. The highest BCUT2D eigenvalue weighted by Gasteiger charge is 2.15. The van der Waals surface area contributed by atoms with E-state index >= 15 is 0 Å². The number of carbonyl (C=O) groups excluding carboxylic acids is 1. The number of nitrogens with zero attached hydrogens (tertiary/aromatic N) is 3. The van der Waals surface area contributed by atoms with Crippen molar-refractivity contribution in [2.24, 2.45) is 0 Å². The van der Waals surface area contributed by atoms with Gasteiger partial charge in [-0.05, 0) is 24.5 Å². The van der Waals surface area contributed by atoms with Gasteiger partial charge in [0.15, 0.2) is 0 Å². The second-order valence-electron chi connectivity index (χ2n) is 6.04. The largest absolute Gasteiger partial charge is 0.361 e. The minimum absolute atomic E-state index is 0.0779. The van der Waals surface area contributed by atoms with Crippen LogP contribution in [-0.2, 0) is 11.2 Å². The first kappa shape index (κ1) is 14.7. The number of H-pyrrole nitrogens is 1. The molecule has 3 aromatic rings. The Kier molecular flexibility index (Phi) is 3.86. The molecule has 6 heteroatoms. The van der Waals surface area contributed by atoms with Gasteiger partial charge in [0.2, 0.25) is 5.91 Å². The van der Waals surface area contributed by atoms with Gasteiger partial charge in [0, 0.05) is 36.3 Å². The average molecular weight is 321 g/mol. The highest BCUT2D eigenvalue weighted by atomic mass is 16.1. The number of hydrogen-bond donors (Lipinski definition) is 2. The fourth-order valence-electron chi connectivity index (χ4n) is 3.17. The van der Waals surface area contributed by atoms with E-state index in [2.05, 4.69) is 25.2 Å². The Morgan fingerprint density at radius 1 is 1.21 bits per heavy atom. The molecule has 0 aliphatic carbocycles. The molecule has 0 saturated carbocycles. The van der Waals surface area contributed by atoms with Crippen molar-refractivity contribution >= 4 is 28.4 Å². The van der Waals surface area contributed by atoms with E-state index in [-0.39, 0.29) is 5.91 Å². The van der Waals surface area contributed by atoms with E-state index in [0.29, 0.717) is 12.2 Å². The summed E-state index contributed by atoms with van der Waals surface area (Å²) in [5.41, 5.74) is 2.02. The molecule has 2 aromatic heterocycles. The lowest BCUT2D eigenvalue weighted by Gasteiger charge is -2.16. The fourth-order valence-corrected chi connectivity index (χ4v) is 3.17. The lowest BCUT2D eigenvalue weighted by molar-refractivity contribution is -0.115. The molecule has 1 fully saturated rings. The average Bonchev–Trinajstić information content (AvgIpc) is 3.26. The maximum Gasteiger partial charge on any atom is 0.230 e. The van der Waals surface area contributed by atoms with Crippen LogP contribution in [0.4, 0.5) is 11.6 Å². The molecule has 1 aromatic carbocycles. The monoisotopic (exact) mass is 321 g/mol. The highest BCUT2D eigenvalue weighted by Crippen LogP contribution is 2.21. The van der Waals surface area contributed by atoms with Crippen LogP contribution in [0.15, 0.2) is 42.9 Å². The zero-order valence-electron chi connectivity index (χ0n) is 13.3. The molecule has 6 nitrogen and oxygen atoms in total. The second kappa shape index (κ2) is 6.31. The van der Waals surface area contributed by atoms with Crippen LogP contribution in [-0.4, -0.2) is 33.9 Å². The molecular weight excluding hydrogens is 302 g/mol. The number of hydrogen-bond acceptors (Lipinski definition) is 4. The summed E-state index contributed by atoms with van der Waals surface area (Å²) in [5.74, 6) is 1.35. The summed E-state index contributed by atoms with van der Waals surface area (Å²) in [6.45, 7) is 2.03. The van der Waals surface area contributed by atoms with Gasteiger partial charge in [-0.25, -0.2) is 9.97 Å². The molecular formula is C18H19N5O. The first-order valence-electron chi connectivity index (χ1n) is 8.21. The van der Waals surface area contributed by atoms with Crippen LogP contribution in [0.3, 0.4) is 0 Å². The molecule has 4 rings (SSSR count). The minimum atomic E-state index is -0.0779. The third-order valence-corrected chi connectivity index (χ3v) is 4.38. The van der Waals surface area contributed by atoms with Gasteiger partial charge in [-0.1, -0.05) is 18.2 Å². The number of rotatable bonds is 4. The molecule has 1 amide bonds. The summed E-state index contributed by atoms with van der Waals surface area (Å²) >= 11 is 0. The SMILES string of the molecule is O=C(Cc1c[nH]c2ccccc12)Nc1cc(N2CCCC2)ncn1. The fraction of sp³-hybridized carbons (Fsp3) is 0.278. The number of carbonyl (C=O) groups is 1. The smallest absolute Gasteiger partial charge is 0.230 e. The minimum Gasteiger partial charge on any atom is -0.361 e. The molecule has 24 heavy (non-hydrogen) atoms. The van der Waals surface area contributed by atoms with E-state index in [4.69, 9.17) is 0 Å². The van der Waals surface area contributed by atoms with Gasteiger partial charge < -0.3 is 15.2 Å². The standard InChI is InChI=1S/C18H19N5O/c24-18(9-13-11-19-15-6-2-1-5-14(13)15)22-16-10-17(21-12-20-16)23-7-3-4-8-23/h1-2,5-6,10-12,19H,3-4,7-9H2,(H,20,21,22,24). The lowest BCUT2D eigenvalue weighted by atomic mass is 10.1. The third kappa shape index (κ3) is 2.95. The highest BCUT2D eigenvalue weighted by molar-refractivity contribution is 5.95. The number of anilines is 2. The molecule has 0 spiro atoms. The van der Waals surface area contributed by atoms with Crippen LogP contribution >= 0.6 is 0 Å². The summed E-state index contributed by atoms with van der Waals surface area (Å²) in [6, 6.07) is 9.82. The molecule has 0 atom stereocenters. The molecule has 0 unspecified atom stereocenters. The maximum absolute atomic E-state index is 12.4. The summed E-state index contributed by atoms with van der Waals surface area (Å²) in [7, 11) is 0. The van der Waals surface area contributed by atoms with Crippen LogP contribution in [0, 0.1) is 0 Å². The van der Waals surface area contributed by atoms with Crippen LogP contribution in [0.1, 0.15) is 18.4 Å². The molecule has 3 heterocycles. The van der Waals surface area contributed by atoms with Crippen molar-refractivity contribution in [1.82, 2.24) is 15.0 Å². The Hall–Kier alpha value is -2.89. The molecule has 1 aliphatic heterocycles.